The van der Waals surface area contributed by atoms with Crippen molar-refractivity contribution < 1.29 is 41.9 Å². The highest BCUT2D eigenvalue weighted by Gasteiger charge is 2.36. The third-order valence-corrected chi connectivity index (χ3v) is 8.03. The van der Waals surface area contributed by atoms with Crippen LogP contribution in [-0.4, -0.2) is 67.6 Å². The fraction of sp³-hybridized carbons (Fsp3) is 0.308. The van der Waals surface area contributed by atoms with Crippen LogP contribution in [0.15, 0.2) is 54.6 Å². The van der Waals surface area contributed by atoms with Gasteiger partial charge in [-0.2, -0.15) is 13.2 Å². The zero-order valence-electron chi connectivity index (χ0n) is 21.7. The topological polar surface area (TPSA) is 120 Å². The average molecular weight is 610 g/mol. The molecule has 42 heavy (non-hydrogen) atoms. The number of piperazine rings is 1. The molecule has 0 unspecified atom stereocenters. The predicted molar refractivity (Wildman–Crippen MR) is 146 cm³/mol. The summed E-state index contributed by atoms with van der Waals surface area (Å²) in [6.45, 7) is 1.53. The molecular formula is C26H23F4N5O6S. The number of anilines is 4. The summed E-state index contributed by atoms with van der Waals surface area (Å²) < 4.78 is 59.1. The Labute approximate surface area is 239 Å². The quantitative estimate of drug-likeness (QED) is 0.207. The molecule has 1 aromatic heterocycles. The van der Waals surface area contributed by atoms with E-state index in [0.717, 1.165) is 50.4 Å². The molecule has 2 aromatic carbocycles. The van der Waals surface area contributed by atoms with Gasteiger partial charge in [-0.3, -0.25) is 19.9 Å². The van der Waals surface area contributed by atoms with E-state index in [0.29, 0.717) is 31.9 Å². The number of hydrogen-bond donors (Lipinski definition) is 1. The fourth-order valence-electron chi connectivity index (χ4n) is 4.83. The molecule has 1 atom stereocenters. The van der Waals surface area contributed by atoms with E-state index in [4.69, 9.17) is 4.74 Å². The molecule has 0 aliphatic carbocycles. The lowest BCUT2D eigenvalue weighted by Crippen LogP contribution is -2.46. The summed E-state index contributed by atoms with van der Waals surface area (Å²) in [4.78, 5) is 40.7. The van der Waals surface area contributed by atoms with Crippen LogP contribution < -0.4 is 19.6 Å². The van der Waals surface area contributed by atoms with Crippen molar-refractivity contribution >= 4 is 50.6 Å². The second-order valence-corrected chi connectivity index (χ2v) is 10.6. The van der Waals surface area contributed by atoms with E-state index in [-0.39, 0.29) is 29.5 Å². The first kappa shape index (κ1) is 28.9. The van der Waals surface area contributed by atoms with Crippen molar-refractivity contribution in [2.75, 3.05) is 58.9 Å². The lowest BCUT2D eigenvalue weighted by Gasteiger charge is -2.36. The first-order valence-electron chi connectivity index (χ1n) is 12.6. The van der Waals surface area contributed by atoms with E-state index in [1.165, 1.54) is 18.2 Å². The summed E-state index contributed by atoms with van der Waals surface area (Å²) in [5.74, 6) is -0.583. The Morgan fingerprint density at radius 2 is 1.74 bits per heavy atom. The van der Waals surface area contributed by atoms with E-state index >= 15 is 4.39 Å². The number of halogens is 4. The smallest absolute Gasteiger partial charge is 0.416 e. The maximum absolute atomic E-state index is 15.2. The molecule has 16 heteroatoms. The molecule has 3 aromatic rings. The minimum absolute atomic E-state index is 0.0298. The van der Waals surface area contributed by atoms with Gasteiger partial charge in [0.15, 0.2) is 0 Å². The number of hydrogen-bond acceptors (Lipinski definition) is 8. The van der Waals surface area contributed by atoms with Gasteiger partial charge in [0.1, 0.15) is 11.9 Å². The Hall–Kier alpha value is -4.60. The number of nitrogens with zero attached hydrogens (tertiary/aromatic N) is 5. The molecule has 2 aliphatic heterocycles. The first-order valence-corrected chi connectivity index (χ1v) is 13.4. The zero-order valence-corrected chi connectivity index (χ0v) is 22.5. The van der Waals surface area contributed by atoms with Crippen molar-refractivity contribution in [1.82, 2.24) is 0 Å². The summed E-state index contributed by atoms with van der Waals surface area (Å²) >= 11 is 1.08. The van der Waals surface area contributed by atoms with Crippen LogP contribution in [0, 0.1) is 15.9 Å². The maximum atomic E-state index is 15.2. The summed E-state index contributed by atoms with van der Waals surface area (Å²) in [6, 6.07) is 11.0. The van der Waals surface area contributed by atoms with Crippen LogP contribution in [0.5, 0.6) is 0 Å². The number of ether oxygens (including phenoxy) is 1. The predicted octanol–water partition coefficient (Wildman–Crippen LogP) is 5.65. The number of amides is 2. The second kappa shape index (κ2) is 11.3. The van der Waals surface area contributed by atoms with Crippen molar-refractivity contribution in [2.45, 2.75) is 12.3 Å². The van der Waals surface area contributed by atoms with Gasteiger partial charge in [-0.25, -0.2) is 14.0 Å². The highest BCUT2D eigenvalue weighted by atomic mass is 32.1. The molecule has 2 saturated heterocycles. The lowest BCUT2D eigenvalue weighted by molar-refractivity contribution is -0.380. The number of nitro groups is 1. The van der Waals surface area contributed by atoms with E-state index in [1.54, 1.807) is 12.1 Å². The average Bonchev–Trinajstić information content (AvgIpc) is 3.58. The van der Waals surface area contributed by atoms with Crippen molar-refractivity contribution in [1.29, 1.82) is 0 Å². The Balaban J connectivity index is 1.22. The molecule has 0 radical (unpaired) electrons. The number of cyclic esters (lactones) is 1. The van der Waals surface area contributed by atoms with Gasteiger partial charge in [-0.1, -0.05) is 0 Å². The largest absolute Gasteiger partial charge is 0.465 e. The molecule has 2 amide bonds. The van der Waals surface area contributed by atoms with Crippen LogP contribution in [0.1, 0.15) is 5.56 Å². The highest BCUT2D eigenvalue weighted by Crippen LogP contribution is 2.34. The summed E-state index contributed by atoms with van der Waals surface area (Å²) in [5.41, 5.74) is -0.447. The van der Waals surface area contributed by atoms with Crippen molar-refractivity contribution in [3.8, 4) is 0 Å². The third-order valence-electron chi connectivity index (χ3n) is 6.93. The van der Waals surface area contributed by atoms with Crippen LogP contribution in [0.4, 0.5) is 54.2 Å². The Bertz CT molecular complexity index is 1490. The second-order valence-electron chi connectivity index (χ2n) is 9.53. The van der Waals surface area contributed by atoms with Crippen LogP contribution in [-0.2, 0) is 10.9 Å². The van der Waals surface area contributed by atoms with E-state index in [1.807, 2.05) is 9.80 Å². The summed E-state index contributed by atoms with van der Waals surface area (Å²) in [6.07, 6.45) is -7.80. The van der Waals surface area contributed by atoms with Gasteiger partial charge in [0.25, 0.3) is 0 Å². The van der Waals surface area contributed by atoms with Gasteiger partial charge >= 0.3 is 23.4 Å². The van der Waals surface area contributed by atoms with E-state index < -0.39 is 40.8 Å². The van der Waals surface area contributed by atoms with Gasteiger partial charge in [-0.05, 0) is 59.9 Å². The van der Waals surface area contributed by atoms with Crippen molar-refractivity contribution in [3.05, 3.63) is 76.1 Å². The molecule has 0 bridgehead atoms. The molecule has 11 nitrogen and oxygen atoms in total. The van der Waals surface area contributed by atoms with Crippen LogP contribution >= 0.6 is 11.3 Å². The van der Waals surface area contributed by atoms with Crippen molar-refractivity contribution in [2.24, 2.45) is 0 Å². The molecule has 2 aliphatic rings. The molecule has 2 fully saturated rings. The Kier molecular flexibility index (Phi) is 7.81. The fourth-order valence-corrected chi connectivity index (χ4v) is 5.70. The van der Waals surface area contributed by atoms with Gasteiger partial charge in [0, 0.05) is 37.9 Å². The number of thiophene rings is 1. The number of carbonyl (C=O) groups is 2. The highest BCUT2D eigenvalue weighted by molar-refractivity contribution is 7.19. The standard InChI is InChI=1S/C26H23F4N5O6S/c27-20-13-18(5-6-21(20)31-9-11-32(12-10-31)22-7-8-23(42-22)35(39)40)34-15-19(41-25(34)38)14-33(24(36)37)17-3-1-16(2-4-17)26(28,29)30/h1-8,13,19H,9-12,14-15H2,(H,36,37)/t19-/m1/s1. The van der Waals surface area contributed by atoms with Crippen LogP contribution in [0.3, 0.4) is 0 Å². The monoisotopic (exact) mass is 609 g/mol. The van der Waals surface area contributed by atoms with Gasteiger partial charge < -0.3 is 19.6 Å². The number of carbonyl (C=O) groups excluding carboxylic acids is 1. The van der Waals surface area contributed by atoms with Gasteiger partial charge in [0.05, 0.1) is 40.0 Å². The Morgan fingerprint density at radius 3 is 2.31 bits per heavy atom. The molecule has 3 heterocycles. The minimum atomic E-state index is -4.58. The van der Waals surface area contributed by atoms with Crippen LogP contribution in [0.25, 0.3) is 0 Å². The third kappa shape index (κ3) is 6.02. The van der Waals surface area contributed by atoms with Crippen LogP contribution in [0.2, 0.25) is 0 Å². The first-order chi connectivity index (χ1) is 19.9. The molecule has 1 N–H and O–H groups in total. The maximum Gasteiger partial charge on any atom is 0.416 e. The number of alkyl halides is 3. The number of benzene rings is 2. The number of carboxylic acid groups (broad SMARTS) is 1. The molecule has 0 spiro atoms. The van der Waals surface area contributed by atoms with E-state index in [2.05, 4.69) is 0 Å². The molecule has 5 rings (SSSR count). The lowest BCUT2D eigenvalue weighted by atomic mass is 10.2. The van der Waals surface area contributed by atoms with Gasteiger partial charge in [0.2, 0.25) is 0 Å². The Morgan fingerprint density at radius 1 is 1.07 bits per heavy atom. The normalized spacial score (nSPS) is 17.4. The minimum Gasteiger partial charge on any atom is -0.465 e. The SMILES string of the molecule is O=C(O)N(C[C@@H]1CN(c2ccc(N3CCN(c4ccc([N+](=O)[O-])s4)CC3)c(F)c2)C(=O)O1)c1ccc(C(F)(F)F)cc1. The molecule has 0 saturated carbocycles. The summed E-state index contributed by atoms with van der Waals surface area (Å²) in [5, 5.41) is 21.4. The molecule has 222 valence electrons. The molecular weight excluding hydrogens is 586 g/mol. The number of rotatable bonds is 7. The van der Waals surface area contributed by atoms with Crippen molar-refractivity contribution in [3.63, 3.8) is 0 Å². The van der Waals surface area contributed by atoms with E-state index in [9.17, 15) is 38.0 Å². The summed E-state index contributed by atoms with van der Waals surface area (Å²) in [7, 11) is 0. The zero-order chi connectivity index (χ0) is 30.2. The van der Waals surface area contributed by atoms with Gasteiger partial charge in [-0.15, -0.1) is 0 Å².